The normalized spacial score (nSPS) is 30.6. The van der Waals surface area contributed by atoms with E-state index < -0.39 is 47.4 Å². The summed E-state index contributed by atoms with van der Waals surface area (Å²) in [6.07, 6.45) is 12.6. The standard InChI is InChI=1S/C38H56N6O6/c1-37(2,3)26(16-29(45)31(22-8-6-5-7-9-22)43-34(48)28-19-39-14-15-40-28)30(46)21-44-20-23-17-38(4)13-12-27(33(47)36(50)41-24-10-11-24)42-35(49)32(44)25(23)18-38/h14-15,19,22-27,31-33,47H,5-13,16-18,20-21H2,1-4H3,(H,41,50)(H,42,49)(H,43,48)/t23-,25-,26+,27-,31-,32-,33?,38?/m0/s1. The van der Waals surface area contributed by atoms with Gasteiger partial charge in [0.25, 0.3) is 11.8 Å². The summed E-state index contributed by atoms with van der Waals surface area (Å²) in [7, 11) is 0. The number of carbonyl (C=O) groups excluding carboxylic acids is 5. The van der Waals surface area contributed by atoms with Crippen molar-refractivity contribution in [2.75, 3.05) is 13.1 Å². The first-order valence-corrected chi connectivity index (χ1v) is 18.9. The first-order chi connectivity index (χ1) is 23.7. The van der Waals surface area contributed by atoms with E-state index in [0.29, 0.717) is 13.0 Å². The van der Waals surface area contributed by atoms with Crippen LogP contribution in [-0.4, -0.2) is 92.6 Å². The van der Waals surface area contributed by atoms with Crippen molar-refractivity contribution < 1.29 is 29.1 Å². The zero-order chi connectivity index (χ0) is 35.8. The molecule has 1 aromatic heterocycles. The number of Topliss-reactive ketones (excluding diaryl/α,β-unsaturated/α-hetero) is 2. The molecule has 2 aliphatic heterocycles. The molecule has 0 radical (unpaired) electrons. The Labute approximate surface area is 295 Å². The number of ketones is 2. The lowest BCUT2D eigenvalue weighted by molar-refractivity contribution is -0.136. The Hall–Kier alpha value is -3.25. The van der Waals surface area contributed by atoms with Gasteiger partial charge in [-0.05, 0) is 80.0 Å². The van der Waals surface area contributed by atoms with Gasteiger partial charge in [-0.3, -0.25) is 33.9 Å². The molecule has 4 N–H and O–H groups in total. The van der Waals surface area contributed by atoms with Crippen LogP contribution in [0.1, 0.15) is 115 Å². The van der Waals surface area contributed by atoms with Crippen molar-refractivity contribution in [1.82, 2.24) is 30.8 Å². The molecule has 2 bridgehead atoms. The van der Waals surface area contributed by atoms with Crippen LogP contribution in [-0.2, 0) is 19.2 Å². The number of aliphatic hydroxyl groups is 1. The maximum absolute atomic E-state index is 14.4. The molecule has 8 atom stereocenters. The molecule has 5 aliphatic rings. The molecule has 0 spiro atoms. The van der Waals surface area contributed by atoms with Crippen molar-refractivity contribution in [2.24, 2.45) is 34.5 Å². The third kappa shape index (κ3) is 8.27. The van der Waals surface area contributed by atoms with E-state index >= 15 is 0 Å². The molecule has 1 aromatic rings. The van der Waals surface area contributed by atoms with Gasteiger partial charge < -0.3 is 21.1 Å². The molecule has 50 heavy (non-hydrogen) atoms. The van der Waals surface area contributed by atoms with Gasteiger partial charge in [0.2, 0.25) is 5.91 Å². The van der Waals surface area contributed by atoms with Gasteiger partial charge in [0.15, 0.2) is 17.7 Å². The molecule has 6 rings (SSSR count). The lowest BCUT2D eigenvalue weighted by Gasteiger charge is -2.35. The van der Waals surface area contributed by atoms with Crippen LogP contribution in [0.2, 0.25) is 0 Å². The van der Waals surface area contributed by atoms with Gasteiger partial charge in [0.1, 0.15) is 5.69 Å². The van der Waals surface area contributed by atoms with Crippen molar-refractivity contribution in [1.29, 1.82) is 0 Å². The highest BCUT2D eigenvalue weighted by molar-refractivity contribution is 5.98. The summed E-state index contributed by atoms with van der Waals surface area (Å²) >= 11 is 0. The van der Waals surface area contributed by atoms with Crippen LogP contribution in [0.5, 0.6) is 0 Å². The van der Waals surface area contributed by atoms with E-state index in [1.54, 1.807) is 0 Å². The van der Waals surface area contributed by atoms with Crippen LogP contribution in [0.4, 0.5) is 0 Å². The molecule has 3 amide bonds. The van der Waals surface area contributed by atoms with Crippen molar-refractivity contribution in [3.63, 3.8) is 0 Å². The fraction of sp³-hybridized carbons (Fsp3) is 0.763. The summed E-state index contributed by atoms with van der Waals surface area (Å²) in [5.74, 6) is -1.68. The van der Waals surface area contributed by atoms with Gasteiger partial charge in [-0.15, -0.1) is 0 Å². The highest BCUT2D eigenvalue weighted by atomic mass is 16.3. The third-order valence-electron chi connectivity index (χ3n) is 12.3. The van der Waals surface area contributed by atoms with Crippen molar-refractivity contribution >= 4 is 29.3 Å². The van der Waals surface area contributed by atoms with Crippen LogP contribution in [0, 0.1) is 34.5 Å². The van der Waals surface area contributed by atoms with Gasteiger partial charge in [0, 0.05) is 37.3 Å². The molecular formula is C38H56N6O6. The van der Waals surface area contributed by atoms with Crippen LogP contribution in [0.25, 0.3) is 0 Å². The minimum absolute atomic E-state index is 0.00875. The fourth-order valence-corrected chi connectivity index (χ4v) is 9.47. The molecule has 3 saturated carbocycles. The van der Waals surface area contributed by atoms with Gasteiger partial charge in [-0.2, -0.15) is 0 Å². The number of hydrogen-bond acceptors (Lipinski definition) is 9. The molecule has 274 valence electrons. The predicted octanol–water partition coefficient (Wildman–Crippen LogP) is 2.98. The number of aromatic nitrogens is 2. The molecular weight excluding hydrogens is 636 g/mol. The lowest BCUT2D eigenvalue weighted by atomic mass is 9.72. The van der Waals surface area contributed by atoms with E-state index in [9.17, 15) is 29.1 Å². The number of amides is 3. The van der Waals surface area contributed by atoms with Crippen LogP contribution < -0.4 is 16.0 Å². The van der Waals surface area contributed by atoms with E-state index in [4.69, 9.17) is 0 Å². The SMILES string of the molecule is CC12CC[C@@H](C(O)C(=O)NC3CC3)NC(=O)[C@@H]3[C@@H](C1)[C@H](CN3CC(=O)[C@@H](CC(=O)[C@@H](NC(=O)c1cnccn1)C1CCCCC1)C(C)(C)C)C2. The maximum atomic E-state index is 14.4. The second-order valence-corrected chi connectivity index (χ2v) is 17.4. The number of nitrogens with zero attached hydrogens (tertiary/aromatic N) is 3. The Bertz CT molecular complexity index is 1440. The minimum atomic E-state index is -1.34. The van der Waals surface area contributed by atoms with Crippen molar-refractivity contribution in [2.45, 2.75) is 135 Å². The van der Waals surface area contributed by atoms with Crippen molar-refractivity contribution in [3.8, 4) is 0 Å². The molecule has 12 nitrogen and oxygen atoms in total. The highest BCUT2D eigenvalue weighted by Gasteiger charge is 2.56. The van der Waals surface area contributed by atoms with E-state index in [1.165, 1.54) is 18.6 Å². The quantitative estimate of drug-likeness (QED) is 0.257. The lowest BCUT2D eigenvalue weighted by Crippen LogP contribution is -2.56. The Morgan fingerprint density at radius 1 is 1.04 bits per heavy atom. The predicted molar refractivity (Wildman–Crippen MR) is 185 cm³/mol. The summed E-state index contributed by atoms with van der Waals surface area (Å²) in [6, 6.07) is -1.89. The first-order valence-electron chi connectivity index (χ1n) is 18.9. The van der Waals surface area contributed by atoms with Gasteiger partial charge in [0.05, 0.1) is 30.9 Å². The fourth-order valence-electron chi connectivity index (χ4n) is 9.47. The molecule has 2 unspecified atom stereocenters. The summed E-state index contributed by atoms with van der Waals surface area (Å²) in [5.41, 5.74) is -0.407. The number of likely N-dealkylation sites (tertiary alicyclic amines) is 1. The molecule has 12 heteroatoms. The number of rotatable bonds is 12. The Morgan fingerprint density at radius 3 is 2.44 bits per heavy atom. The second-order valence-electron chi connectivity index (χ2n) is 17.4. The molecule has 3 aliphatic carbocycles. The highest BCUT2D eigenvalue weighted by Crippen LogP contribution is 2.54. The van der Waals surface area contributed by atoms with Gasteiger partial charge in [-0.1, -0.05) is 47.0 Å². The van der Waals surface area contributed by atoms with Crippen LogP contribution in [0.3, 0.4) is 0 Å². The summed E-state index contributed by atoms with van der Waals surface area (Å²) < 4.78 is 0. The maximum Gasteiger partial charge on any atom is 0.272 e. The Morgan fingerprint density at radius 2 is 1.78 bits per heavy atom. The second kappa shape index (κ2) is 14.8. The molecule has 5 fully saturated rings. The third-order valence-corrected chi connectivity index (χ3v) is 12.3. The smallest absolute Gasteiger partial charge is 0.272 e. The summed E-state index contributed by atoms with van der Waals surface area (Å²) in [4.78, 5) is 78.7. The minimum Gasteiger partial charge on any atom is -0.381 e. The van der Waals surface area contributed by atoms with Gasteiger partial charge >= 0.3 is 0 Å². The zero-order valence-electron chi connectivity index (χ0n) is 30.2. The zero-order valence-corrected chi connectivity index (χ0v) is 30.2. The Kier molecular flexibility index (Phi) is 10.8. The molecule has 3 heterocycles. The van der Waals surface area contributed by atoms with E-state index in [-0.39, 0.29) is 65.3 Å². The van der Waals surface area contributed by atoms with Crippen LogP contribution >= 0.6 is 0 Å². The van der Waals surface area contributed by atoms with E-state index in [1.807, 2.05) is 25.7 Å². The Balaban J connectivity index is 1.18. The first kappa shape index (κ1) is 36.5. The molecule has 0 aromatic carbocycles. The molecule has 2 saturated heterocycles. The number of nitrogens with one attached hydrogen (secondary N) is 3. The number of hydrogen-bond donors (Lipinski definition) is 4. The van der Waals surface area contributed by atoms with E-state index in [0.717, 1.165) is 64.2 Å². The van der Waals surface area contributed by atoms with Crippen molar-refractivity contribution in [3.05, 3.63) is 24.3 Å². The number of aliphatic hydroxyl groups excluding tert-OH is 1. The monoisotopic (exact) mass is 692 g/mol. The summed E-state index contributed by atoms with van der Waals surface area (Å²) in [6.45, 7) is 8.79. The van der Waals surface area contributed by atoms with Crippen LogP contribution in [0.15, 0.2) is 18.6 Å². The largest absolute Gasteiger partial charge is 0.381 e. The summed E-state index contributed by atoms with van der Waals surface area (Å²) in [5, 5.41) is 19.9. The average molecular weight is 693 g/mol. The van der Waals surface area contributed by atoms with Gasteiger partial charge in [-0.25, -0.2) is 4.98 Å². The number of carbonyl (C=O) groups is 5. The average Bonchev–Trinajstić information content (AvgIpc) is 3.75. The number of fused-ring (bicyclic) bond motifs is 1. The topological polar surface area (TPSA) is 171 Å². The van der Waals surface area contributed by atoms with E-state index in [2.05, 4.69) is 32.8 Å².